The number of aliphatic imine (C=N–C) groups is 1. The lowest BCUT2D eigenvalue weighted by Crippen LogP contribution is -2.42. The van der Waals surface area contributed by atoms with Crippen molar-refractivity contribution in [3.05, 3.63) is 35.9 Å². The van der Waals surface area contributed by atoms with Crippen LogP contribution in [0.5, 0.6) is 0 Å². The fourth-order valence-corrected chi connectivity index (χ4v) is 2.03. The number of benzene rings is 1. The predicted molar refractivity (Wildman–Crippen MR) is 96.6 cm³/mol. The fraction of sp³-hybridized carbons (Fsp3) is 0.556. The van der Waals surface area contributed by atoms with Crippen LogP contribution in [0.25, 0.3) is 0 Å². The molecule has 0 saturated heterocycles. The van der Waals surface area contributed by atoms with Crippen molar-refractivity contribution in [3.63, 3.8) is 0 Å². The first-order valence-electron chi connectivity index (χ1n) is 8.47. The minimum Gasteiger partial charge on any atom is -0.357 e. The van der Waals surface area contributed by atoms with Gasteiger partial charge < -0.3 is 16.0 Å². The van der Waals surface area contributed by atoms with E-state index in [4.69, 9.17) is 0 Å². The number of carbonyl (C=O) groups excluding carboxylic acids is 1. The van der Waals surface area contributed by atoms with Crippen molar-refractivity contribution in [1.82, 2.24) is 16.0 Å². The third-order valence-corrected chi connectivity index (χ3v) is 3.32. The SMILES string of the molecule is CCNC(=NCCCc1ccccc1)NCCNC(=O)C(C)C. The number of rotatable bonds is 9. The van der Waals surface area contributed by atoms with E-state index in [1.165, 1.54) is 5.56 Å². The summed E-state index contributed by atoms with van der Waals surface area (Å²) in [6, 6.07) is 10.5. The number of guanidine groups is 1. The minimum absolute atomic E-state index is 0.0230. The van der Waals surface area contributed by atoms with Gasteiger partial charge in [-0.2, -0.15) is 0 Å². The summed E-state index contributed by atoms with van der Waals surface area (Å²) in [6.07, 6.45) is 2.05. The number of nitrogens with zero attached hydrogens (tertiary/aromatic N) is 1. The first-order valence-corrected chi connectivity index (χ1v) is 8.47. The van der Waals surface area contributed by atoms with E-state index in [0.29, 0.717) is 13.1 Å². The molecule has 0 aliphatic heterocycles. The molecule has 23 heavy (non-hydrogen) atoms. The topological polar surface area (TPSA) is 65.5 Å². The standard InChI is InChI=1S/C18H30N4O/c1-4-19-18(22-14-13-20-17(23)15(2)3)21-12-8-11-16-9-6-5-7-10-16/h5-7,9-10,15H,4,8,11-14H2,1-3H3,(H,20,23)(H2,19,21,22). The summed E-state index contributed by atoms with van der Waals surface area (Å²) >= 11 is 0. The van der Waals surface area contributed by atoms with Gasteiger partial charge in [0.15, 0.2) is 5.96 Å². The molecule has 0 heterocycles. The van der Waals surface area contributed by atoms with E-state index < -0.39 is 0 Å². The van der Waals surface area contributed by atoms with Crippen molar-refractivity contribution in [2.75, 3.05) is 26.2 Å². The molecule has 1 aromatic carbocycles. The number of hydrogen-bond donors (Lipinski definition) is 3. The Labute approximate surface area is 140 Å². The number of amides is 1. The summed E-state index contributed by atoms with van der Waals surface area (Å²) in [7, 11) is 0. The Morgan fingerprint density at radius 3 is 2.43 bits per heavy atom. The molecule has 3 N–H and O–H groups in total. The molecule has 0 atom stereocenters. The molecular weight excluding hydrogens is 288 g/mol. The molecule has 0 spiro atoms. The molecule has 5 nitrogen and oxygen atoms in total. The lowest BCUT2D eigenvalue weighted by atomic mass is 10.1. The summed E-state index contributed by atoms with van der Waals surface area (Å²) in [5.74, 6) is 0.908. The summed E-state index contributed by atoms with van der Waals surface area (Å²) < 4.78 is 0. The van der Waals surface area contributed by atoms with Crippen LogP contribution in [0, 0.1) is 5.92 Å². The average Bonchev–Trinajstić information content (AvgIpc) is 2.55. The Morgan fingerprint density at radius 1 is 1.09 bits per heavy atom. The van der Waals surface area contributed by atoms with Crippen LogP contribution < -0.4 is 16.0 Å². The van der Waals surface area contributed by atoms with Gasteiger partial charge in [0, 0.05) is 32.1 Å². The molecule has 5 heteroatoms. The van der Waals surface area contributed by atoms with Crippen LogP contribution >= 0.6 is 0 Å². The van der Waals surface area contributed by atoms with Gasteiger partial charge >= 0.3 is 0 Å². The van der Waals surface area contributed by atoms with Gasteiger partial charge in [-0.1, -0.05) is 44.2 Å². The maximum Gasteiger partial charge on any atom is 0.222 e. The Hall–Kier alpha value is -2.04. The number of aryl methyl sites for hydroxylation is 1. The van der Waals surface area contributed by atoms with Crippen LogP contribution in [-0.4, -0.2) is 38.0 Å². The fourth-order valence-electron chi connectivity index (χ4n) is 2.03. The molecule has 0 aliphatic carbocycles. The Morgan fingerprint density at radius 2 is 1.78 bits per heavy atom. The Bertz CT molecular complexity index is 471. The summed E-state index contributed by atoms with van der Waals surface area (Å²) in [5, 5.41) is 9.34. The maximum atomic E-state index is 11.5. The van der Waals surface area contributed by atoms with Gasteiger partial charge in [0.25, 0.3) is 0 Å². The van der Waals surface area contributed by atoms with Gasteiger partial charge in [0.1, 0.15) is 0 Å². The molecule has 0 aliphatic rings. The minimum atomic E-state index is 0.0230. The van der Waals surface area contributed by atoms with Crippen molar-refractivity contribution in [1.29, 1.82) is 0 Å². The zero-order valence-electron chi connectivity index (χ0n) is 14.6. The van der Waals surface area contributed by atoms with Crippen LogP contribution in [-0.2, 0) is 11.2 Å². The van der Waals surface area contributed by atoms with Crippen molar-refractivity contribution in [2.24, 2.45) is 10.9 Å². The highest BCUT2D eigenvalue weighted by Crippen LogP contribution is 2.02. The molecule has 0 bridgehead atoms. The van der Waals surface area contributed by atoms with Crippen LogP contribution in [0.15, 0.2) is 35.3 Å². The first-order chi connectivity index (χ1) is 11.1. The molecule has 1 amide bonds. The van der Waals surface area contributed by atoms with Crippen LogP contribution in [0.2, 0.25) is 0 Å². The maximum absolute atomic E-state index is 11.5. The molecule has 0 radical (unpaired) electrons. The lowest BCUT2D eigenvalue weighted by Gasteiger charge is -2.12. The third-order valence-electron chi connectivity index (χ3n) is 3.32. The quantitative estimate of drug-likeness (QED) is 0.370. The number of nitrogens with one attached hydrogen (secondary N) is 3. The van der Waals surface area contributed by atoms with Crippen LogP contribution in [0.3, 0.4) is 0 Å². The van der Waals surface area contributed by atoms with E-state index in [1.54, 1.807) is 0 Å². The second-order valence-electron chi connectivity index (χ2n) is 5.72. The van der Waals surface area contributed by atoms with Crippen molar-refractivity contribution < 1.29 is 4.79 Å². The highest BCUT2D eigenvalue weighted by atomic mass is 16.1. The molecular formula is C18H30N4O. The third kappa shape index (κ3) is 8.86. The van der Waals surface area contributed by atoms with Gasteiger partial charge in [0.05, 0.1) is 0 Å². The largest absolute Gasteiger partial charge is 0.357 e. The summed E-state index contributed by atoms with van der Waals surface area (Å²) in [5.41, 5.74) is 1.34. The van der Waals surface area contributed by atoms with Crippen molar-refractivity contribution >= 4 is 11.9 Å². The molecule has 0 unspecified atom stereocenters. The number of hydrogen-bond acceptors (Lipinski definition) is 2. The molecule has 1 aromatic rings. The van der Waals surface area contributed by atoms with Crippen LogP contribution in [0.1, 0.15) is 32.8 Å². The van der Waals surface area contributed by atoms with Crippen LogP contribution in [0.4, 0.5) is 0 Å². The zero-order valence-corrected chi connectivity index (χ0v) is 14.6. The van der Waals surface area contributed by atoms with Crippen molar-refractivity contribution in [2.45, 2.75) is 33.6 Å². The van der Waals surface area contributed by atoms with E-state index in [-0.39, 0.29) is 11.8 Å². The van der Waals surface area contributed by atoms with Gasteiger partial charge in [-0.25, -0.2) is 0 Å². The lowest BCUT2D eigenvalue weighted by molar-refractivity contribution is -0.123. The smallest absolute Gasteiger partial charge is 0.222 e. The van der Waals surface area contributed by atoms with Gasteiger partial charge in [-0.3, -0.25) is 9.79 Å². The molecule has 128 valence electrons. The van der Waals surface area contributed by atoms with E-state index in [0.717, 1.165) is 31.9 Å². The molecule has 0 fully saturated rings. The molecule has 0 aromatic heterocycles. The van der Waals surface area contributed by atoms with E-state index in [1.807, 2.05) is 26.8 Å². The zero-order chi connectivity index (χ0) is 16.9. The van der Waals surface area contributed by atoms with Gasteiger partial charge in [0.2, 0.25) is 5.91 Å². The van der Waals surface area contributed by atoms with E-state index in [9.17, 15) is 4.79 Å². The average molecular weight is 318 g/mol. The monoisotopic (exact) mass is 318 g/mol. The normalized spacial score (nSPS) is 11.4. The Kier molecular flexibility index (Phi) is 9.52. The summed E-state index contributed by atoms with van der Waals surface area (Å²) in [4.78, 5) is 16.0. The molecule has 0 saturated carbocycles. The second-order valence-corrected chi connectivity index (χ2v) is 5.72. The second kappa shape index (κ2) is 11.5. The first kappa shape index (κ1) is 19.0. The molecule has 1 rings (SSSR count). The number of carbonyl (C=O) groups is 1. The summed E-state index contributed by atoms with van der Waals surface area (Å²) in [6.45, 7) is 8.70. The van der Waals surface area contributed by atoms with Gasteiger partial charge in [-0.05, 0) is 25.3 Å². The van der Waals surface area contributed by atoms with E-state index >= 15 is 0 Å². The highest BCUT2D eigenvalue weighted by molar-refractivity contribution is 5.80. The predicted octanol–water partition coefficient (Wildman–Crippen LogP) is 1.95. The van der Waals surface area contributed by atoms with Gasteiger partial charge in [-0.15, -0.1) is 0 Å². The van der Waals surface area contributed by atoms with Crippen molar-refractivity contribution in [3.8, 4) is 0 Å². The Balaban J connectivity index is 2.25. The van der Waals surface area contributed by atoms with E-state index in [2.05, 4.69) is 45.2 Å². The highest BCUT2D eigenvalue weighted by Gasteiger charge is 2.05.